The molecule has 6 heteroatoms. The molecule has 1 aromatic carbocycles. The van der Waals surface area contributed by atoms with Gasteiger partial charge in [0.15, 0.2) is 0 Å². The van der Waals surface area contributed by atoms with Gasteiger partial charge in [0, 0.05) is 30.1 Å². The number of thioether (sulfide) groups is 1. The van der Waals surface area contributed by atoms with Gasteiger partial charge in [-0.3, -0.25) is 4.79 Å². The molecule has 0 bridgehead atoms. The average Bonchev–Trinajstić information content (AvgIpc) is 3.36. The smallest absolute Gasteiger partial charge is 0.257 e. The molecule has 2 aromatic heterocycles. The van der Waals surface area contributed by atoms with E-state index in [0.29, 0.717) is 13.2 Å². The second-order valence-electron chi connectivity index (χ2n) is 6.92. The van der Waals surface area contributed by atoms with Gasteiger partial charge in [-0.05, 0) is 48.4 Å². The van der Waals surface area contributed by atoms with Gasteiger partial charge in [0.25, 0.3) is 5.91 Å². The van der Waals surface area contributed by atoms with Crippen molar-refractivity contribution in [3.63, 3.8) is 0 Å². The first kappa shape index (κ1) is 19.2. The molecule has 0 aliphatic carbocycles. The van der Waals surface area contributed by atoms with Crippen molar-refractivity contribution in [3.05, 3.63) is 70.4 Å². The van der Waals surface area contributed by atoms with Gasteiger partial charge in [-0.25, -0.2) is 0 Å². The topological polar surface area (TPSA) is 34.5 Å². The number of hydrogen-bond acceptors (Lipinski definition) is 4. The van der Waals surface area contributed by atoms with Crippen LogP contribution in [0.1, 0.15) is 26.4 Å². The molecule has 0 fully saturated rings. The van der Waals surface area contributed by atoms with E-state index in [1.54, 1.807) is 16.2 Å². The van der Waals surface area contributed by atoms with Crippen LogP contribution in [0.5, 0.6) is 5.75 Å². The molecule has 0 saturated heterocycles. The Balaban J connectivity index is 1.52. The highest BCUT2D eigenvalue weighted by Crippen LogP contribution is 2.38. The number of benzene rings is 1. The van der Waals surface area contributed by atoms with Gasteiger partial charge in [-0.15, -0.1) is 11.3 Å². The summed E-state index contributed by atoms with van der Waals surface area (Å²) < 4.78 is 7.96. The molecule has 1 amide bonds. The highest BCUT2D eigenvalue weighted by molar-refractivity contribution is 7.98. The van der Waals surface area contributed by atoms with Crippen molar-refractivity contribution in [3.8, 4) is 10.8 Å². The number of ether oxygens (including phenoxy) is 1. The number of amides is 1. The number of aromatic nitrogens is 1. The zero-order chi connectivity index (χ0) is 19.5. The predicted octanol–water partition coefficient (Wildman–Crippen LogP) is 4.79. The van der Waals surface area contributed by atoms with Gasteiger partial charge < -0.3 is 14.2 Å². The zero-order valence-corrected chi connectivity index (χ0v) is 17.8. The molecule has 0 saturated carbocycles. The summed E-state index contributed by atoms with van der Waals surface area (Å²) in [5.74, 6) is 3.04. The van der Waals surface area contributed by atoms with Crippen LogP contribution in [-0.4, -0.2) is 41.3 Å². The number of carbonyl (C=O) groups is 1. The summed E-state index contributed by atoms with van der Waals surface area (Å²) in [6.07, 6.45) is 5.00. The van der Waals surface area contributed by atoms with Gasteiger partial charge >= 0.3 is 0 Å². The zero-order valence-electron chi connectivity index (χ0n) is 16.2. The maximum atomic E-state index is 13.4. The molecule has 146 valence electrons. The number of aryl methyl sites for hydroxylation is 1. The lowest BCUT2D eigenvalue weighted by Gasteiger charge is -2.20. The van der Waals surface area contributed by atoms with E-state index in [2.05, 4.69) is 4.57 Å². The number of thiophene rings is 1. The van der Waals surface area contributed by atoms with E-state index in [1.165, 1.54) is 10.4 Å². The second kappa shape index (κ2) is 8.45. The Labute approximate surface area is 174 Å². The number of likely N-dealkylation sites (N-methyl/N-ethyl adjacent to an activating group) is 1. The van der Waals surface area contributed by atoms with Crippen LogP contribution in [-0.2, 0) is 12.2 Å². The summed E-state index contributed by atoms with van der Waals surface area (Å²) in [5, 5.41) is 1.04. The molecule has 28 heavy (non-hydrogen) atoms. The third-order valence-electron chi connectivity index (χ3n) is 4.98. The number of nitrogens with zero attached hydrogens (tertiary/aromatic N) is 2. The van der Waals surface area contributed by atoms with E-state index in [9.17, 15) is 4.79 Å². The third kappa shape index (κ3) is 3.84. The number of carbonyl (C=O) groups excluding carboxylic acids is 1. The van der Waals surface area contributed by atoms with E-state index < -0.39 is 0 Å². The average molecular weight is 413 g/mol. The summed E-state index contributed by atoms with van der Waals surface area (Å²) in [4.78, 5) is 16.5. The Kier molecular flexibility index (Phi) is 5.78. The van der Waals surface area contributed by atoms with E-state index in [-0.39, 0.29) is 5.91 Å². The van der Waals surface area contributed by atoms with Crippen LogP contribution in [0.25, 0.3) is 5.00 Å². The second-order valence-corrected chi connectivity index (χ2v) is 9.11. The molecule has 1 aliphatic rings. The normalized spacial score (nSPS) is 13.2. The first-order valence-electron chi connectivity index (χ1n) is 9.44. The lowest BCUT2D eigenvalue weighted by molar-refractivity contribution is 0.0773. The molecule has 0 atom stereocenters. The van der Waals surface area contributed by atoms with Crippen molar-refractivity contribution >= 4 is 29.0 Å². The maximum absolute atomic E-state index is 13.4. The Morgan fingerprint density at radius 1 is 1.21 bits per heavy atom. The lowest BCUT2D eigenvalue weighted by atomic mass is 10.1. The summed E-state index contributed by atoms with van der Waals surface area (Å²) >= 11 is 3.70. The molecule has 4 rings (SSSR count). The molecular formula is C22H24N2O2S2. The maximum Gasteiger partial charge on any atom is 0.257 e. The third-order valence-corrected chi connectivity index (χ3v) is 7.39. The van der Waals surface area contributed by atoms with Crippen LogP contribution in [0.2, 0.25) is 0 Å². The summed E-state index contributed by atoms with van der Waals surface area (Å²) in [7, 11) is 1.87. The van der Waals surface area contributed by atoms with Gasteiger partial charge in [-0.2, -0.15) is 11.8 Å². The van der Waals surface area contributed by atoms with Crippen LogP contribution in [0.3, 0.4) is 0 Å². The summed E-state index contributed by atoms with van der Waals surface area (Å²) in [5.41, 5.74) is 3.22. The van der Waals surface area contributed by atoms with E-state index in [1.807, 2.05) is 74.5 Å². The minimum Gasteiger partial charge on any atom is -0.491 e. The SMILES string of the molecule is Cc1ccccc1OCCN(C)C(=O)c1c(-n2cccc2)sc2c1CCSC2. The molecule has 0 spiro atoms. The molecule has 3 heterocycles. The molecule has 4 nitrogen and oxygen atoms in total. The summed E-state index contributed by atoms with van der Waals surface area (Å²) in [6, 6.07) is 12.0. The first-order valence-corrected chi connectivity index (χ1v) is 11.4. The Hall–Kier alpha value is -2.18. The van der Waals surface area contributed by atoms with Crippen LogP contribution in [0.4, 0.5) is 0 Å². The molecular weight excluding hydrogens is 388 g/mol. The van der Waals surface area contributed by atoms with Crippen molar-refractivity contribution in [2.45, 2.75) is 19.1 Å². The predicted molar refractivity (Wildman–Crippen MR) is 117 cm³/mol. The van der Waals surface area contributed by atoms with Crippen molar-refractivity contribution in [1.29, 1.82) is 0 Å². The molecule has 1 aliphatic heterocycles. The van der Waals surface area contributed by atoms with Gasteiger partial charge in [0.05, 0.1) is 12.1 Å². The monoisotopic (exact) mass is 412 g/mol. The number of para-hydroxylation sites is 1. The minimum atomic E-state index is 0.0847. The van der Waals surface area contributed by atoms with Crippen LogP contribution in [0, 0.1) is 6.92 Å². The number of fused-ring (bicyclic) bond motifs is 1. The van der Waals surface area contributed by atoms with Gasteiger partial charge in [-0.1, -0.05) is 18.2 Å². The van der Waals surface area contributed by atoms with Crippen molar-refractivity contribution in [1.82, 2.24) is 9.47 Å². The van der Waals surface area contributed by atoms with E-state index in [4.69, 9.17) is 4.74 Å². The molecule has 0 N–H and O–H groups in total. The molecule has 0 radical (unpaired) electrons. The van der Waals surface area contributed by atoms with Crippen molar-refractivity contribution < 1.29 is 9.53 Å². The van der Waals surface area contributed by atoms with Crippen LogP contribution >= 0.6 is 23.1 Å². The van der Waals surface area contributed by atoms with Crippen molar-refractivity contribution in [2.75, 3.05) is 26.0 Å². The first-order chi connectivity index (χ1) is 13.6. The quantitative estimate of drug-likeness (QED) is 0.584. The number of rotatable bonds is 6. The van der Waals surface area contributed by atoms with E-state index >= 15 is 0 Å². The fourth-order valence-corrected chi connectivity index (χ4v) is 5.83. The van der Waals surface area contributed by atoms with Gasteiger partial charge in [0.2, 0.25) is 0 Å². The van der Waals surface area contributed by atoms with Crippen molar-refractivity contribution in [2.24, 2.45) is 0 Å². The Bertz CT molecular complexity index is 963. The number of hydrogen-bond donors (Lipinski definition) is 0. The molecule has 3 aromatic rings. The fraction of sp³-hybridized carbons (Fsp3) is 0.318. The van der Waals surface area contributed by atoms with E-state index in [0.717, 1.165) is 39.8 Å². The summed E-state index contributed by atoms with van der Waals surface area (Å²) in [6.45, 7) is 3.06. The van der Waals surface area contributed by atoms with Crippen LogP contribution in [0.15, 0.2) is 48.8 Å². The largest absolute Gasteiger partial charge is 0.491 e. The van der Waals surface area contributed by atoms with Crippen LogP contribution < -0.4 is 4.74 Å². The lowest BCUT2D eigenvalue weighted by Crippen LogP contribution is -2.32. The fourth-order valence-electron chi connectivity index (χ4n) is 3.39. The Morgan fingerprint density at radius 3 is 2.79 bits per heavy atom. The highest BCUT2D eigenvalue weighted by atomic mass is 32.2. The Morgan fingerprint density at radius 2 is 2.00 bits per heavy atom. The highest BCUT2D eigenvalue weighted by Gasteiger charge is 2.28. The van der Waals surface area contributed by atoms with Gasteiger partial charge in [0.1, 0.15) is 17.4 Å². The minimum absolute atomic E-state index is 0.0847. The standard InChI is InChI=1S/C22H24N2O2S2/c1-16-7-3-4-8-18(16)26-13-12-23(2)21(25)20-17-9-14-27-15-19(17)28-22(20)24-10-5-6-11-24/h3-8,10-11H,9,12-15H2,1-2H3. The molecule has 0 unspecified atom stereocenters.